The lowest BCUT2D eigenvalue weighted by Crippen LogP contribution is -1.91. The Bertz CT molecular complexity index is 3100. The molecule has 0 saturated heterocycles. The minimum Gasteiger partial charge on any atom is -0.256 e. The van der Waals surface area contributed by atoms with Gasteiger partial charge in [0.1, 0.15) is 0 Å². The number of aromatic nitrogens is 3. The number of benzene rings is 7. The van der Waals surface area contributed by atoms with Crippen LogP contribution in [0.3, 0.4) is 0 Å². The molecule has 0 fully saturated rings. The van der Waals surface area contributed by atoms with E-state index >= 15 is 0 Å². The number of fused-ring (bicyclic) bond motifs is 5. The van der Waals surface area contributed by atoms with E-state index in [4.69, 9.17) is 9.97 Å². The molecule has 3 nitrogen and oxygen atoms in total. The van der Waals surface area contributed by atoms with Crippen molar-refractivity contribution < 1.29 is 0 Å². The fourth-order valence-corrected chi connectivity index (χ4v) is 8.16. The van der Waals surface area contributed by atoms with E-state index in [1.54, 1.807) is 0 Å². The molecule has 3 aromatic heterocycles. The van der Waals surface area contributed by atoms with Crippen molar-refractivity contribution in [2.45, 2.75) is 0 Å². The number of nitrogens with zero attached hydrogens (tertiary/aromatic N) is 3. The largest absolute Gasteiger partial charge is 0.256 e. The summed E-state index contributed by atoms with van der Waals surface area (Å²) in [6.07, 6.45) is 5.68. The number of pyridine rings is 3. The summed E-state index contributed by atoms with van der Waals surface area (Å²) in [4.78, 5) is 14.4. The molecule has 3 heterocycles. The van der Waals surface area contributed by atoms with Gasteiger partial charge < -0.3 is 0 Å². The van der Waals surface area contributed by atoms with Crippen LogP contribution in [0.15, 0.2) is 152 Å². The van der Waals surface area contributed by atoms with Gasteiger partial charge in [0.2, 0.25) is 0 Å². The molecule has 0 atom stereocenters. The SMILES string of the molecule is c1cnc2c(c1)cc(-c1ccc(-c3cc4ccc5cccc6c7cccc8ccc9cccc(c(c3)c4c56)c9c87)cn1)c1cccnc12. The molecule has 0 amide bonds. The molecule has 8 aromatic carbocycles. The van der Waals surface area contributed by atoms with Crippen LogP contribution in [0.1, 0.15) is 0 Å². The predicted molar refractivity (Wildman–Crippen MR) is 202 cm³/mol. The molecule has 0 unspecified atom stereocenters. The van der Waals surface area contributed by atoms with Crippen LogP contribution in [-0.4, -0.2) is 15.0 Å². The van der Waals surface area contributed by atoms with Gasteiger partial charge in [-0.05, 0) is 107 Å². The second-order valence-electron chi connectivity index (χ2n) is 12.8. The molecule has 0 aliphatic rings. The fraction of sp³-hybridized carbons (Fsp3) is 0. The molecule has 0 N–H and O–H groups in total. The van der Waals surface area contributed by atoms with Crippen LogP contribution < -0.4 is 0 Å². The Balaban J connectivity index is 1.21. The van der Waals surface area contributed by atoms with E-state index in [1.165, 1.54) is 64.6 Å². The van der Waals surface area contributed by atoms with Gasteiger partial charge in [0.15, 0.2) is 0 Å². The molecule has 0 saturated carbocycles. The highest BCUT2D eigenvalue weighted by atomic mass is 14.7. The Morgan fingerprint density at radius 3 is 1.56 bits per heavy atom. The third kappa shape index (κ3) is 3.50. The van der Waals surface area contributed by atoms with E-state index in [2.05, 4.69) is 126 Å². The highest BCUT2D eigenvalue weighted by Crippen LogP contribution is 2.44. The lowest BCUT2D eigenvalue weighted by Gasteiger charge is -2.17. The van der Waals surface area contributed by atoms with E-state index in [-0.39, 0.29) is 0 Å². The maximum absolute atomic E-state index is 5.06. The first-order valence-electron chi connectivity index (χ1n) is 16.3. The van der Waals surface area contributed by atoms with Gasteiger partial charge in [-0.15, -0.1) is 0 Å². The highest BCUT2D eigenvalue weighted by molar-refractivity contribution is 6.37. The summed E-state index contributed by atoms with van der Waals surface area (Å²) in [5, 5.41) is 17.5. The van der Waals surface area contributed by atoms with Crippen molar-refractivity contribution in [1.82, 2.24) is 15.0 Å². The van der Waals surface area contributed by atoms with Gasteiger partial charge in [-0.2, -0.15) is 0 Å². The van der Waals surface area contributed by atoms with Gasteiger partial charge in [0.05, 0.1) is 16.7 Å². The lowest BCUT2D eigenvalue weighted by atomic mass is 9.86. The van der Waals surface area contributed by atoms with E-state index < -0.39 is 0 Å². The molecule has 11 aromatic rings. The van der Waals surface area contributed by atoms with Crippen molar-refractivity contribution in [1.29, 1.82) is 0 Å². The second kappa shape index (κ2) is 9.54. The molecule has 0 spiro atoms. The Morgan fingerprint density at radius 2 is 0.896 bits per heavy atom. The molecular weight excluding hydrogens is 583 g/mol. The normalized spacial score (nSPS) is 12.2. The second-order valence-corrected chi connectivity index (χ2v) is 12.8. The van der Waals surface area contributed by atoms with Crippen LogP contribution in [0.2, 0.25) is 0 Å². The minimum absolute atomic E-state index is 0.898. The maximum atomic E-state index is 5.06. The van der Waals surface area contributed by atoms with E-state index in [1.807, 2.05) is 30.7 Å². The molecule has 0 aliphatic carbocycles. The Labute approximate surface area is 275 Å². The van der Waals surface area contributed by atoms with Gasteiger partial charge in [0.25, 0.3) is 0 Å². The standard InChI is InChI=1S/C45H25N3/c1-6-26-14-15-27-8-3-12-35-38-24-32(22-29-17-16-28-7-2-11-34(41(28)43(29)38)33(10-1)40(26)42(27)35)31-18-19-39(48-25-31)37-23-30-9-4-20-46-44(30)45-36(37)13-5-21-47-45/h1-25H. The fourth-order valence-electron chi connectivity index (χ4n) is 8.16. The van der Waals surface area contributed by atoms with Gasteiger partial charge >= 0.3 is 0 Å². The smallest absolute Gasteiger partial charge is 0.0971 e. The van der Waals surface area contributed by atoms with Crippen molar-refractivity contribution >= 4 is 86.4 Å². The summed E-state index contributed by atoms with van der Waals surface area (Å²) in [6.45, 7) is 0. The summed E-state index contributed by atoms with van der Waals surface area (Å²) in [5.41, 5.74) is 6.03. The van der Waals surface area contributed by atoms with Gasteiger partial charge in [-0.25, -0.2) is 0 Å². The minimum atomic E-state index is 0.898. The van der Waals surface area contributed by atoms with Crippen molar-refractivity contribution in [3.8, 4) is 22.4 Å². The summed E-state index contributed by atoms with van der Waals surface area (Å²) >= 11 is 0. The molecule has 0 bridgehead atoms. The molecule has 3 heteroatoms. The van der Waals surface area contributed by atoms with Crippen molar-refractivity contribution in [2.24, 2.45) is 0 Å². The van der Waals surface area contributed by atoms with Crippen LogP contribution in [0, 0.1) is 0 Å². The quantitative estimate of drug-likeness (QED) is 0.184. The third-order valence-electron chi connectivity index (χ3n) is 10.3. The summed E-state index contributed by atoms with van der Waals surface area (Å²) in [5.74, 6) is 0. The number of hydrogen-bond acceptors (Lipinski definition) is 3. The Morgan fingerprint density at radius 1 is 0.333 bits per heavy atom. The Hall–Kier alpha value is -6.45. The van der Waals surface area contributed by atoms with Crippen molar-refractivity contribution in [3.63, 3.8) is 0 Å². The first kappa shape index (κ1) is 25.7. The molecular formula is C45H25N3. The molecule has 0 radical (unpaired) electrons. The van der Waals surface area contributed by atoms with Crippen molar-refractivity contribution in [2.75, 3.05) is 0 Å². The first-order valence-corrected chi connectivity index (χ1v) is 16.3. The average Bonchev–Trinajstić information content (AvgIpc) is 3.15. The van der Waals surface area contributed by atoms with E-state index in [9.17, 15) is 0 Å². The average molecular weight is 608 g/mol. The summed E-state index contributed by atoms with van der Waals surface area (Å²) < 4.78 is 0. The Kier molecular flexibility index (Phi) is 5.11. The highest BCUT2D eigenvalue weighted by Gasteiger charge is 2.17. The van der Waals surface area contributed by atoms with Crippen LogP contribution in [0.4, 0.5) is 0 Å². The number of rotatable bonds is 2. The van der Waals surface area contributed by atoms with Gasteiger partial charge in [0, 0.05) is 40.5 Å². The molecule has 48 heavy (non-hydrogen) atoms. The molecule has 220 valence electrons. The molecule has 11 rings (SSSR count). The monoisotopic (exact) mass is 607 g/mol. The van der Waals surface area contributed by atoms with Crippen molar-refractivity contribution in [3.05, 3.63) is 152 Å². The van der Waals surface area contributed by atoms with E-state index in [0.717, 1.165) is 44.2 Å². The van der Waals surface area contributed by atoms with Gasteiger partial charge in [-0.3, -0.25) is 15.0 Å². The first-order chi connectivity index (χ1) is 23.8. The van der Waals surface area contributed by atoms with Crippen LogP contribution >= 0.6 is 0 Å². The topological polar surface area (TPSA) is 38.7 Å². The van der Waals surface area contributed by atoms with E-state index in [0.29, 0.717) is 0 Å². The lowest BCUT2D eigenvalue weighted by molar-refractivity contribution is 1.33. The van der Waals surface area contributed by atoms with Crippen LogP contribution in [0.25, 0.3) is 109 Å². The zero-order chi connectivity index (χ0) is 31.3. The van der Waals surface area contributed by atoms with Crippen LogP contribution in [0.5, 0.6) is 0 Å². The third-order valence-corrected chi connectivity index (χ3v) is 10.3. The maximum Gasteiger partial charge on any atom is 0.0971 e. The predicted octanol–water partition coefficient (Wildman–Crippen LogP) is 11.9. The number of hydrogen-bond donors (Lipinski definition) is 0. The van der Waals surface area contributed by atoms with Gasteiger partial charge in [-0.1, -0.05) is 97.1 Å². The molecule has 0 aliphatic heterocycles. The summed E-state index contributed by atoms with van der Waals surface area (Å²) in [6, 6.07) is 48.7. The zero-order valence-electron chi connectivity index (χ0n) is 25.8. The zero-order valence-corrected chi connectivity index (χ0v) is 25.8. The van der Waals surface area contributed by atoms with Crippen LogP contribution in [-0.2, 0) is 0 Å². The summed E-state index contributed by atoms with van der Waals surface area (Å²) in [7, 11) is 0.